The number of fused-ring (bicyclic) bond motifs is 1. The van der Waals surface area contributed by atoms with Crippen molar-refractivity contribution in [3.8, 4) is 16.9 Å². The summed E-state index contributed by atoms with van der Waals surface area (Å²) >= 11 is 0. The van der Waals surface area contributed by atoms with Gasteiger partial charge in [-0.25, -0.2) is 4.68 Å². The highest BCUT2D eigenvalue weighted by molar-refractivity contribution is 5.98. The van der Waals surface area contributed by atoms with Crippen LogP contribution < -0.4 is 5.32 Å². The minimum Gasteiger partial charge on any atom is -0.348 e. The normalized spacial score (nSPS) is 14.6. The van der Waals surface area contributed by atoms with E-state index in [4.69, 9.17) is 5.10 Å². The van der Waals surface area contributed by atoms with Crippen LogP contribution in [-0.4, -0.2) is 21.7 Å². The summed E-state index contributed by atoms with van der Waals surface area (Å²) in [6.07, 6.45) is 5.74. The minimum atomic E-state index is -0.0840. The lowest BCUT2D eigenvalue weighted by atomic mass is 9.95. The molecule has 156 valence electrons. The molecule has 0 saturated heterocycles. The number of nitrogens with zero attached hydrogens (tertiary/aromatic N) is 2. The SMILES string of the molecule is Cc1ccc(-n2nc(C(=O)NC3CCCCC3)cc2-c2cccc3ccccc23)cc1. The van der Waals surface area contributed by atoms with Crippen LogP contribution in [-0.2, 0) is 0 Å². The number of aryl methyl sites for hydroxylation is 1. The van der Waals surface area contributed by atoms with E-state index < -0.39 is 0 Å². The van der Waals surface area contributed by atoms with Crippen molar-refractivity contribution in [3.05, 3.63) is 84.1 Å². The summed E-state index contributed by atoms with van der Waals surface area (Å²) in [6.45, 7) is 2.07. The maximum atomic E-state index is 13.1. The molecule has 0 aliphatic heterocycles. The van der Waals surface area contributed by atoms with Crippen molar-refractivity contribution in [1.82, 2.24) is 15.1 Å². The van der Waals surface area contributed by atoms with Crippen molar-refractivity contribution in [3.63, 3.8) is 0 Å². The summed E-state index contributed by atoms with van der Waals surface area (Å²) in [5, 5.41) is 10.3. The number of rotatable bonds is 4. The van der Waals surface area contributed by atoms with Crippen LogP contribution >= 0.6 is 0 Å². The minimum absolute atomic E-state index is 0.0840. The zero-order chi connectivity index (χ0) is 21.2. The molecule has 0 spiro atoms. The fourth-order valence-electron chi connectivity index (χ4n) is 4.52. The largest absolute Gasteiger partial charge is 0.348 e. The van der Waals surface area contributed by atoms with E-state index in [9.17, 15) is 4.79 Å². The number of hydrogen-bond acceptors (Lipinski definition) is 2. The van der Waals surface area contributed by atoms with Crippen LogP contribution in [0, 0.1) is 6.92 Å². The van der Waals surface area contributed by atoms with Crippen LogP contribution in [0.1, 0.15) is 48.2 Å². The van der Waals surface area contributed by atoms with Crippen molar-refractivity contribution in [2.24, 2.45) is 0 Å². The number of nitrogens with one attached hydrogen (secondary N) is 1. The number of carbonyl (C=O) groups excluding carboxylic acids is 1. The standard InChI is InChI=1S/C27H27N3O/c1-19-14-16-22(17-15-19)30-26(24-13-7-9-20-8-5-6-12-23(20)24)18-25(29-30)27(31)28-21-10-3-2-4-11-21/h5-9,12-18,21H,2-4,10-11H2,1H3,(H,28,31). The van der Waals surface area contributed by atoms with Gasteiger partial charge in [-0.15, -0.1) is 0 Å². The van der Waals surface area contributed by atoms with E-state index in [1.165, 1.54) is 30.2 Å². The summed E-state index contributed by atoms with van der Waals surface area (Å²) < 4.78 is 1.90. The summed E-state index contributed by atoms with van der Waals surface area (Å²) in [6, 6.07) is 25.1. The molecule has 31 heavy (non-hydrogen) atoms. The fourth-order valence-corrected chi connectivity index (χ4v) is 4.52. The van der Waals surface area contributed by atoms with Gasteiger partial charge in [0.1, 0.15) is 0 Å². The molecule has 4 nitrogen and oxygen atoms in total. The zero-order valence-corrected chi connectivity index (χ0v) is 17.8. The van der Waals surface area contributed by atoms with E-state index in [1.807, 2.05) is 16.8 Å². The quantitative estimate of drug-likeness (QED) is 0.445. The van der Waals surface area contributed by atoms with E-state index in [0.717, 1.165) is 35.2 Å². The molecule has 5 rings (SSSR count). The molecule has 0 radical (unpaired) electrons. The van der Waals surface area contributed by atoms with Crippen LogP contribution in [0.3, 0.4) is 0 Å². The van der Waals surface area contributed by atoms with Gasteiger partial charge in [-0.05, 0) is 48.7 Å². The van der Waals surface area contributed by atoms with Gasteiger partial charge in [-0.3, -0.25) is 4.79 Å². The van der Waals surface area contributed by atoms with Crippen molar-refractivity contribution >= 4 is 16.7 Å². The van der Waals surface area contributed by atoms with Gasteiger partial charge in [-0.1, -0.05) is 79.4 Å². The third kappa shape index (κ3) is 3.98. The smallest absolute Gasteiger partial charge is 0.272 e. The maximum absolute atomic E-state index is 13.1. The second-order valence-electron chi connectivity index (χ2n) is 8.50. The molecule has 1 heterocycles. The first kappa shape index (κ1) is 19.6. The van der Waals surface area contributed by atoms with Gasteiger partial charge in [0.25, 0.3) is 5.91 Å². The lowest BCUT2D eigenvalue weighted by Crippen LogP contribution is -2.36. The van der Waals surface area contributed by atoms with E-state index in [2.05, 4.69) is 72.9 Å². The Kier molecular flexibility index (Phi) is 5.29. The average Bonchev–Trinajstić information content (AvgIpc) is 3.25. The highest BCUT2D eigenvalue weighted by Gasteiger charge is 2.21. The Labute approximate surface area is 182 Å². The summed E-state index contributed by atoms with van der Waals surface area (Å²) in [5.41, 5.74) is 4.61. The predicted octanol–water partition coefficient (Wildman–Crippen LogP) is 6.06. The molecule has 0 unspecified atom stereocenters. The van der Waals surface area contributed by atoms with Crippen LogP contribution in [0.5, 0.6) is 0 Å². The van der Waals surface area contributed by atoms with Gasteiger partial charge in [0, 0.05) is 11.6 Å². The third-order valence-corrected chi connectivity index (χ3v) is 6.23. The number of carbonyl (C=O) groups is 1. The Morgan fingerprint density at radius 2 is 1.68 bits per heavy atom. The second-order valence-corrected chi connectivity index (χ2v) is 8.50. The van der Waals surface area contributed by atoms with Gasteiger partial charge < -0.3 is 5.32 Å². The highest BCUT2D eigenvalue weighted by atomic mass is 16.2. The van der Waals surface area contributed by atoms with Crippen LogP contribution in [0.15, 0.2) is 72.8 Å². The molecule has 1 aromatic heterocycles. The Hall–Kier alpha value is -3.40. The van der Waals surface area contributed by atoms with E-state index >= 15 is 0 Å². The molecule has 4 aromatic rings. The van der Waals surface area contributed by atoms with Gasteiger partial charge in [0.15, 0.2) is 5.69 Å². The van der Waals surface area contributed by atoms with E-state index in [-0.39, 0.29) is 11.9 Å². The van der Waals surface area contributed by atoms with Gasteiger partial charge >= 0.3 is 0 Å². The number of hydrogen-bond donors (Lipinski definition) is 1. The van der Waals surface area contributed by atoms with Crippen LogP contribution in [0.2, 0.25) is 0 Å². The molecule has 1 fully saturated rings. The average molecular weight is 410 g/mol. The Balaban J connectivity index is 1.60. The molecule has 1 aliphatic carbocycles. The summed E-state index contributed by atoms with van der Waals surface area (Å²) in [5.74, 6) is -0.0840. The lowest BCUT2D eigenvalue weighted by Gasteiger charge is -2.22. The number of benzene rings is 3. The zero-order valence-electron chi connectivity index (χ0n) is 17.8. The molecule has 1 amide bonds. The molecule has 0 bridgehead atoms. The van der Waals surface area contributed by atoms with Crippen molar-refractivity contribution in [2.45, 2.75) is 45.1 Å². The molecule has 3 aromatic carbocycles. The molecular weight excluding hydrogens is 382 g/mol. The monoisotopic (exact) mass is 409 g/mol. The molecule has 1 N–H and O–H groups in total. The van der Waals surface area contributed by atoms with E-state index in [0.29, 0.717) is 5.69 Å². The lowest BCUT2D eigenvalue weighted by molar-refractivity contribution is 0.0922. The van der Waals surface area contributed by atoms with Crippen molar-refractivity contribution in [1.29, 1.82) is 0 Å². The topological polar surface area (TPSA) is 46.9 Å². The van der Waals surface area contributed by atoms with Crippen LogP contribution in [0.25, 0.3) is 27.7 Å². The Bertz CT molecular complexity index is 1210. The first-order valence-electron chi connectivity index (χ1n) is 11.2. The fraction of sp³-hybridized carbons (Fsp3) is 0.259. The summed E-state index contributed by atoms with van der Waals surface area (Å²) in [4.78, 5) is 13.1. The first-order valence-corrected chi connectivity index (χ1v) is 11.2. The van der Waals surface area contributed by atoms with Gasteiger partial charge in [-0.2, -0.15) is 5.10 Å². The van der Waals surface area contributed by atoms with Crippen LogP contribution in [0.4, 0.5) is 0 Å². The molecule has 0 atom stereocenters. The molecule has 1 aliphatic rings. The Morgan fingerprint density at radius 1 is 0.935 bits per heavy atom. The van der Waals surface area contributed by atoms with E-state index in [1.54, 1.807) is 0 Å². The molecule has 1 saturated carbocycles. The molecular formula is C27H27N3O. The third-order valence-electron chi connectivity index (χ3n) is 6.23. The van der Waals surface area contributed by atoms with Crippen molar-refractivity contribution in [2.75, 3.05) is 0 Å². The van der Waals surface area contributed by atoms with Gasteiger partial charge in [0.05, 0.1) is 11.4 Å². The second kappa shape index (κ2) is 8.38. The van der Waals surface area contributed by atoms with Gasteiger partial charge in [0.2, 0.25) is 0 Å². The number of amides is 1. The molecule has 4 heteroatoms. The first-order chi connectivity index (χ1) is 15.2. The maximum Gasteiger partial charge on any atom is 0.272 e. The highest BCUT2D eigenvalue weighted by Crippen LogP contribution is 2.31. The Morgan fingerprint density at radius 3 is 2.48 bits per heavy atom. The predicted molar refractivity (Wildman–Crippen MR) is 126 cm³/mol. The van der Waals surface area contributed by atoms with Crippen molar-refractivity contribution < 1.29 is 4.79 Å². The summed E-state index contributed by atoms with van der Waals surface area (Å²) in [7, 11) is 0. The number of aromatic nitrogens is 2.